The average molecular weight is 343 g/mol. The summed E-state index contributed by atoms with van der Waals surface area (Å²) in [6.07, 6.45) is 0. The van der Waals surface area contributed by atoms with Crippen molar-refractivity contribution in [3.63, 3.8) is 0 Å². The number of nitrogens with zero attached hydrogens (tertiary/aromatic N) is 3. The zero-order valence-corrected chi connectivity index (χ0v) is 14.7. The van der Waals surface area contributed by atoms with Gasteiger partial charge in [-0.25, -0.2) is 9.48 Å². The third-order valence-corrected chi connectivity index (χ3v) is 4.09. The molecular weight excluding hydrogens is 318 g/mol. The van der Waals surface area contributed by atoms with Gasteiger partial charge in [-0.15, -0.1) is 0 Å². The summed E-state index contributed by atoms with van der Waals surface area (Å²) < 4.78 is 7.09. The van der Waals surface area contributed by atoms with Gasteiger partial charge in [0.2, 0.25) is 0 Å². The van der Waals surface area contributed by atoms with E-state index >= 15 is 0 Å². The van der Waals surface area contributed by atoms with Crippen LogP contribution in [-0.4, -0.2) is 59.6 Å². The number of aryl methyl sites for hydroxylation is 1. The van der Waals surface area contributed by atoms with E-state index in [9.17, 15) is 4.79 Å². The first-order valence-corrected chi connectivity index (χ1v) is 8.61. The van der Waals surface area contributed by atoms with E-state index < -0.39 is 0 Å². The molecule has 0 saturated carbocycles. The quantitative estimate of drug-likeness (QED) is 0.871. The molecule has 134 valence electrons. The van der Waals surface area contributed by atoms with E-state index in [2.05, 4.69) is 20.6 Å². The minimum atomic E-state index is -0.224. The molecule has 1 aliphatic rings. The average Bonchev–Trinajstić information content (AvgIpc) is 2.96. The summed E-state index contributed by atoms with van der Waals surface area (Å²) in [5.74, 6) is 0.653. The van der Waals surface area contributed by atoms with Gasteiger partial charge in [0.15, 0.2) is 0 Å². The fourth-order valence-corrected chi connectivity index (χ4v) is 2.95. The van der Waals surface area contributed by atoms with E-state index in [-0.39, 0.29) is 12.1 Å². The maximum absolute atomic E-state index is 12.4. The number of aromatic nitrogens is 2. The molecule has 7 heteroatoms. The Morgan fingerprint density at radius 1 is 1.28 bits per heavy atom. The van der Waals surface area contributed by atoms with E-state index in [1.807, 2.05) is 50.2 Å². The normalized spacial score (nSPS) is 16.4. The minimum Gasteiger partial charge on any atom is -0.379 e. The molecule has 1 atom stereocenters. The van der Waals surface area contributed by atoms with Gasteiger partial charge in [0, 0.05) is 31.7 Å². The first-order valence-electron chi connectivity index (χ1n) is 8.61. The molecule has 1 saturated heterocycles. The molecule has 25 heavy (non-hydrogen) atoms. The molecule has 2 heterocycles. The summed E-state index contributed by atoms with van der Waals surface area (Å²) in [6, 6.07) is 11.4. The van der Waals surface area contributed by atoms with Crippen molar-refractivity contribution in [3.05, 3.63) is 42.1 Å². The summed E-state index contributed by atoms with van der Waals surface area (Å²) in [5.41, 5.74) is 1.76. The molecule has 1 unspecified atom stereocenters. The van der Waals surface area contributed by atoms with Crippen LogP contribution in [0.4, 0.5) is 10.6 Å². The number of carbonyl (C=O) groups is 1. The predicted molar refractivity (Wildman–Crippen MR) is 97.2 cm³/mol. The number of para-hydroxylation sites is 1. The van der Waals surface area contributed by atoms with Gasteiger partial charge in [-0.3, -0.25) is 10.2 Å². The van der Waals surface area contributed by atoms with Gasteiger partial charge >= 0.3 is 6.03 Å². The number of urea groups is 1. The second-order valence-electron chi connectivity index (χ2n) is 6.33. The number of amides is 2. The highest BCUT2D eigenvalue weighted by Crippen LogP contribution is 2.16. The van der Waals surface area contributed by atoms with E-state index in [1.54, 1.807) is 4.68 Å². The zero-order valence-electron chi connectivity index (χ0n) is 14.7. The lowest BCUT2D eigenvalue weighted by atomic mass is 10.3. The number of benzene rings is 1. The molecule has 1 aromatic carbocycles. The van der Waals surface area contributed by atoms with Crippen LogP contribution in [0.3, 0.4) is 0 Å². The van der Waals surface area contributed by atoms with Crippen LogP contribution in [0.5, 0.6) is 0 Å². The van der Waals surface area contributed by atoms with Crippen molar-refractivity contribution < 1.29 is 9.53 Å². The van der Waals surface area contributed by atoms with Crippen LogP contribution in [0.25, 0.3) is 5.69 Å². The summed E-state index contributed by atoms with van der Waals surface area (Å²) in [6.45, 7) is 8.07. The van der Waals surface area contributed by atoms with E-state index in [1.165, 1.54) is 0 Å². The Morgan fingerprint density at radius 3 is 2.72 bits per heavy atom. The Hall–Kier alpha value is -2.38. The van der Waals surface area contributed by atoms with Crippen LogP contribution in [0.2, 0.25) is 0 Å². The Kier molecular flexibility index (Phi) is 5.67. The second kappa shape index (κ2) is 8.13. The number of ether oxygens (including phenoxy) is 1. The lowest BCUT2D eigenvalue weighted by Gasteiger charge is -2.29. The van der Waals surface area contributed by atoms with Crippen LogP contribution in [0.15, 0.2) is 36.4 Å². The van der Waals surface area contributed by atoms with Crippen molar-refractivity contribution in [2.45, 2.75) is 19.9 Å². The maximum atomic E-state index is 12.4. The van der Waals surface area contributed by atoms with Gasteiger partial charge < -0.3 is 10.1 Å². The molecular formula is C18H25N5O2. The van der Waals surface area contributed by atoms with Crippen LogP contribution in [0.1, 0.15) is 12.6 Å². The van der Waals surface area contributed by atoms with Crippen LogP contribution >= 0.6 is 0 Å². The largest absolute Gasteiger partial charge is 0.379 e. The van der Waals surface area contributed by atoms with Gasteiger partial charge in [0.05, 0.1) is 24.6 Å². The van der Waals surface area contributed by atoms with Crippen molar-refractivity contribution >= 4 is 11.8 Å². The van der Waals surface area contributed by atoms with Gasteiger partial charge in [0.1, 0.15) is 5.82 Å². The van der Waals surface area contributed by atoms with E-state index in [0.717, 1.165) is 44.2 Å². The fraction of sp³-hybridized carbons (Fsp3) is 0.444. The minimum absolute atomic E-state index is 0.0484. The molecule has 0 aliphatic carbocycles. The third kappa shape index (κ3) is 4.80. The summed E-state index contributed by atoms with van der Waals surface area (Å²) >= 11 is 0. The highest BCUT2D eigenvalue weighted by atomic mass is 16.5. The van der Waals surface area contributed by atoms with Crippen molar-refractivity contribution in [2.24, 2.45) is 0 Å². The Bertz CT molecular complexity index is 695. The smallest absolute Gasteiger partial charge is 0.320 e. The topological polar surface area (TPSA) is 71.4 Å². The number of nitrogens with one attached hydrogen (secondary N) is 2. The van der Waals surface area contributed by atoms with Crippen molar-refractivity contribution in [2.75, 3.05) is 38.2 Å². The van der Waals surface area contributed by atoms with Crippen molar-refractivity contribution in [1.29, 1.82) is 0 Å². The van der Waals surface area contributed by atoms with Gasteiger partial charge in [-0.1, -0.05) is 18.2 Å². The molecule has 0 radical (unpaired) electrons. The molecule has 1 aromatic heterocycles. The van der Waals surface area contributed by atoms with Crippen molar-refractivity contribution in [1.82, 2.24) is 20.0 Å². The number of carbonyl (C=O) groups excluding carboxylic acids is 1. The fourth-order valence-electron chi connectivity index (χ4n) is 2.95. The van der Waals surface area contributed by atoms with Gasteiger partial charge in [-0.05, 0) is 26.0 Å². The Balaban J connectivity index is 1.59. The first kappa shape index (κ1) is 17.4. The number of anilines is 1. The van der Waals surface area contributed by atoms with Crippen molar-refractivity contribution in [3.8, 4) is 5.69 Å². The number of hydrogen-bond donors (Lipinski definition) is 2. The van der Waals surface area contributed by atoms with Crippen LogP contribution < -0.4 is 10.6 Å². The lowest BCUT2D eigenvalue weighted by Crippen LogP contribution is -2.47. The predicted octanol–water partition coefficient (Wildman–Crippen LogP) is 2.02. The highest BCUT2D eigenvalue weighted by molar-refractivity contribution is 5.88. The Labute approximate surface area is 148 Å². The maximum Gasteiger partial charge on any atom is 0.320 e. The zero-order chi connectivity index (χ0) is 17.6. The molecule has 3 rings (SSSR count). The Morgan fingerprint density at radius 2 is 2.00 bits per heavy atom. The lowest BCUT2D eigenvalue weighted by molar-refractivity contribution is 0.0350. The monoisotopic (exact) mass is 343 g/mol. The van der Waals surface area contributed by atoms with Crippen LogP contribution in [0, 0.1) is 6.92 Å². The van der Waals surface area contributed by atoms with E-state index in [4.69, 9.17) is 4.74 Å². The number of hydrogen-bond acceptors (Lipinski definition) is 4. The van der Waals surface area contributed by atoms with E-state index in [0.29, 0.717) is 5.82 Å². The standard InChI is InChI=1S/C18H25N5O2/c1-14-12-17(23(21-14)16-6-4-3-5-7-16)20-18(24)19-15(2)13-22-8-10-25-11-9-22/h3-7,12,15H,8-11,13H2,1-2H3,(H2,19,20,24). The number of rotatable bonds is 5. The third-order valence-electron chi connectivity index (χ3n) is 4.09. The molecule has 1 fully saturated rings. The number of morpholine rings is 1. The second-order valence-corrected chi connectivity index (χ2v) is 6.33. The molecule has 1 aliphatic heterocycles. The summed E-state index contributed by atoms with van der Waals surface area (Å²) in [7, 11) is 0. The first-order chi connectivity index (χ1) is 12.1. The highest BCUT2D eigenvalue weighted by Gasteiger charge is 2.16. The molecule has 0 spiro atoms. The molecule has 2 N–H and O–H groups in total. The molecule has 2 aromatic rings. The molecule has 0 bridgehead atoms. The van der Waals surface area contributed by atoms with Gasteiger partial charge in [-0.2, -0.15) is 5.10 Å². The summed E-state index contributed by atoms with van der Waals surface area (Å²) in [5, 5.41) is 10.4. The van der Waals surface area contributed by atoms with Crippen LogP contribution in [-0.2, 0) is 4.74 Å². The molecule has 2 amide bonds. The van der Waals surface area contributed by atoms with Gasteiger partial charge in [0.25, 0.3) is 0 Å². The molecule has 7 nitrogen and oxygen atoms in total. The SMILES string of the molecule is Cc1cc(NC(=O)NC(C)CN2CCOCC2)n(-c2ccccc2)n1. The summed E-state index contributed by atoms with van der Waals surface area (Å²) in [4.78, 5) is 14.6.